The van der Waals surface area contributed by atoms with Crippen LogP contribution in [0.25, 0.3) is 0 Å². The lowest BCUT2D eigenvalue weighted by molar-refractivity contribution is -0.141. The maximum Gasteiger partial charge on any atom is 0.326 e. The minimum absolute atomic E-state index is 0.000962. The molecule has 2 atom stereocenters. The molecule has 2 aliphatic rings. The van der Waals surface area contributed by atoms with E-state index in [-0.39, 0.29) is 95.4 Å². The van der Waals surface area contributed by atoms with Crippen LogP contribution in [0.1, 0.15) is 57.8 Å². The standard InChI is InChI=1S/C36H60N8O15/c45-28(20-41-11-13-42(21-30(48)49)15-17-44(23-32(52)53)18-16-43(14-12-41)22-31(50)51)38-19-24-4-6-25(7-5-24)33(54)37-10-2-1-3-26(34(55)56)39-36(59)40-27(35(57)58)8-9-29(46)47/h24-27H,1-23H2,(H,37,54)(H,38,45)(H,46,47)(H,48,49)(H,50,51)(H,52,53)(H,55,56)(H,57,58)(H2,39,40,59). The van der Waals surface area contributed by atoms with Crippen LogP contribution in [-0.4, -0.2) is 208 Å². The summed E-state index contributed by atoms with van der Waals surface area (Å²) in [5, 5.41) is 65.7. The molecule has 2 rings (SSSR count). The summed E-state index contributed by atoms with van der Waals surface area (Å²) in [6.07, 6.45) is 2.44. The fourth-order valence-electron chi connectivity index (χ4n) is 6.90. The van der Waals surface area contributed by atoms with E-state index < -0.39 is 60.4 Å². The molecule has 1 saturated carbocycles. The highest BCUT2D eigenvalue weighted by Gasteiger charge is 2.28. The number of nitrogens with zero attached hydrogens (tertiary/aromatic N) is 4. The van der Waals surface area contributed by atoms with E-state index in [1.807, 2.05) is 4.90 Å². The molecular weight excluding hydrogens is 784 g/mol. The molecule has 1 saturated heterocycles. The van der Waals surface area contributed by atoms with Gasteiger partial charge in [0, 0.05) is 77.8 Å². The van der Waals surface area contributed by atoms with Crippen molar-refractivity contribution >= 4 is 53.7 Å². The number of urea groups is 1. The van der Waals surface area contributed by atoms with E-state index in [1.165, 1.54) is 0 Å². The topological polar surface area (TPSA) is 336 Å². The highest BCUT2D eigenvalue weighted by molar-refractivity contribution is 5.86. The van der Waals surface area contributed by atoms with Crippen LogP contribution in [-0.2, 0) is 38.4 Å². The van der Waals surface area contributed by atoms with Gasteiger partial charge in [-0.15, -0.1) is 0 Å². The second kappa shape index (κ2) is 26.8. The van der Waals surface area contributed by atoms with E-state index >= 15 is 0 Å². The van der Waals surface area contributed by atoms with Crippen molar-refractivity contribution in [3.05, 3.63) is 0 Å². The van der Waals surface area contributed by atoms with E-state index in [4.69, 9.17) is 5.11 Å². The SMILES string of the molecule is O=C(O)CCC(NC(=O)NC(CCCCNC(=O)C1CCC(CNC(=O)CN2CCN(CC(=O)O)CCN(CC(=O)O)CCN(CC(=O)O)CC2)CC1)C(=O)O)C(=O)O. The van der Waals surface area contributed by atoms with Crippen LogP contribution in [0.15, 0.2) is 0 Å². The summed E-state index contributed by atoms with van der Waals surface area (Å²) in [5.74, 6) is -7.66. The van der Waals surface area contributed by atoms with Crippen molar-refractivity contribution in [3.63, 3.8) is 0 Å². The molecule has 0 aromatic carbocycles. The van der Waals surface area contributed by atoms with Crippen LogP contribution in [0.4, 0.5) is 4.79 Å². The lowest BCUT2D eigenvalue weighted by Crippen LogP contribution is -2.51. The number of amides is 4. The molecule has 1 aliphatic heterocycles. The Morgan fingerprint density at radius 1 is 0.508 bits per heavy atom. The Morgan fingerprint density at radius 3 is 1.34 bits per heavy atom. The average molecular weight is 845 g/mol. The third-order valence-corrected chi connectivity index (χ3v) is 10.3. The average Bonchev–Trinajstić information content (AvgIpc) is 3.15. The molecule has 0 bridgehead atoms. The fourth-order valence-corrected chi connectivity index (χ4v) is 6.90. The summed E-state index contributed by atoms with van der Waals surface area (Å²) in [7, 11) is 0. The highest BCUT2D eigenvalue weighted by Crippen LogP contribution is 2.28. The van der Waals surface area contributed by atoms with Gasteiger partial charge in [-0.1, -0.05) is 0 Å². The first kappa shape index (κ1) is 50.0. The molecule has 334 valence electrons. The second-order valence-electron chi connectivity index (χ2n) is 14.9. The zero-order chi connectivity index (χ0) is 43.9. The molecule has 59 heavy (non-hydrogen) atoms. The minimum Gasteiger partial charge on any atom is -0.481 e. The molecule has 1 aliphatic carbocycles. The van der Waals surface area contributed by atoms with Crippen molar-refractivity contribution < 1.29 is 73.8 Å². The minimum atomic E-state index is -1.51. The Labute approximate surface area is 341 Å². The van der Waals surface area contributed by atoms with Gasteiger partial charge < -0.3 is 51.9 Å². The van der Waals surface area contributed by atoms with Gasteiger partial charge in [-0.25, -0.2) is 14.4 Å². The number of carbonyl (C=O) groups excluding carboxylic acids is 3. The number of carboxylic acid groups (broad SMARTS) is 6. The smallest absolute Gasteiger partial charge is 0.326 e. The number of hydrogen-bond acceptors (Lipinski definition) is 13. The van der Waals surface area contributed by atoms with Crippen LogP contribution in [0.2, 0.25) is 0 Å². The fraction of sp³-hybridized carbons (Fsp3) is 0.750. The molecule has 23 heteroatoms. The Hall–Kier alpha value is -5.13. The lowest BCUT2D eigenvalue weighted by atomic mass is 9.81. The second-order valence-corrected chi connectivity index (χ2v) is 14.9. The van der Waals surface area contributed by atoms with Crippen molar-refractivity contribution in [3.8, 4) is 0 Å². The quantitative estimate of drug-likeness (QED) is 0.0485. The van der Waals surface area contributed by atoms with Crippen molar-refractivity contribution in [1.82, 2.24) is 40.9 Å². The maximum absolute atomic E-state index is 13.1. The van der Waals surface area contributed by atoms with Gasteiger partial charge >= 0.3 is 41.8 Å². The number of hydrogen-bond donors (Lipinski definition) is 10. The highest BCUT2D eigenvalue weighted by atomic mass is 16.4. The summed E-state index contributed by atoms with van der Waals surface area (Å²) in [6.45, 7) is 2.16. The van der Waals surface area contributed by atoms with Crippen molar-refractivity contribution in [1.29, 1.82) is 0 Å². The third kappa shape index (κ3) is 22.0. The summed E-state index contributed by atoms with van der Waals surface area (Å²) < 4.78 is 0. The number of aliphatic carboxylic acids is 6. The number of carbonyl (C=O) groups is 9. The van der Waals surface area contributed by atoms with Gasteiger partial charge in [0.2, 0.25) is 11.8 Å². The van der Waals surface area contributed by atoms with Gasteiger partial charge in [0.1, 0.15) is 12.1 Å². The van der Waals surface area contributed by atoms with Crippen molar-refractivity contribution in [2.24, 2.45) is 11.8 Å². The van der Waals surface area contributed by atoms with Crippen molar-refractivity contribution in [2.75, 3.05) is 91.6 Å². The van der Waals surface area contributed by atoms with Crippen LogP contribution in [0.5, 0.6) is 0 Å². The molecule has 10 N–H and O–H groups in total. The van der Waals surface area contributed by atoms with E-state index in [0.29, 0.717) is 71.2 Å². The molecule has 23 nitrogen and oxygen atoms in total. The van der Waals surface area contributed by atoms with E-state index in [9.17, 15) is 68.7 Å². The number of rotatable bonds is 23. The molecule has 0 spiro atoms. The van der Waals surface area contributed by atoms with E-state index in [2.05, 4.69) is 21.3 Å². The number of nitrogens with one attached hydrogen (secondary N) is 4. The third-order valence-electron chi connectivity index (χ3n) is 10.3. The van der Waals surface area contributed by atoms with E-state index in [1.54, 1.807) is 14.7 Å². The van der Waals surface area contributed by atoms with Crippen LogP contribution in [0.3, 0.4) is 0 Å². The summed E-state index contributed by atoms with van der Waals surface area (Å²) in [6, 6.07) is -3.91. The first-order chi connectivity index (χ1) is 27.9. The van der Waals surface area contributed by atoms with Gasteiger partial charge in [-0.3, -0.25) is 48.4 Å². The summed E-state index contributed by atoms with van der Waals surface area (Å²) in [4.78, 5) is 113. The van der Waals surface area contributed by atoms with Crippen LogP contribution in [0, 0.1) is 11.8 Å². The predicted molar refractivity (Wildman–Crippen MR) is 205 cm³/mol. The molecule has 0 aromatic heterocycles. The first-order valence-electron chi connectivity index (χ1n) is 19.7. The molecule has 0 radical (unpaired) electrons. The molecule has 1 heterocycles. The molecule has 4 amide bonds. The first-order valence-corrected chi connectivity index (χ1v) is 19.7. The Balaban J connectivity index is 1.78. The van der Waals surface area contributed by atoms with Gasteiger partial charge in [0.25, 0.3) is 0 Å². The van der Waals surface area contributed by atoms with Gasteiger partial charge in [0.15, 0.2) is 0 Å². The van der Waals surface area contributed by atoms with Crippen molar-refractivity contribution in [2.45, 2.75) is 69.9 Å². The van der Waals surface area contributed by atoms with Crippen LogP contribution < -0.4 is 21.3 Å². The predicted octanol–water partition coefficient (Wildman–Crippen LogP) is -2.26. The lowest BCUT2D eigenvalue weighted by Gasteiger charge is -2.33. The Morgan fingerprint density at radius 2 is 0.932 bits per heavy atom. The monoisotopic (exact) mass is 844 g/mol. The normalized spacial score (nSPS) is 20.1. The van der Waals surface area contributed by atoms with Gasteiger partial charge in [-0.05, 0) is 57.3 Å². The zero-order valence-corrected chi connectivity index (χ0v) is 33.2. The maximum atomic E-state index is 13.1. The molecule has 2 unspecified atom stereocenters. The van der Waals surface area contributed by atoms with Crippen LogP contribution >= 0.6 is 0 Å². The molecular formula is C36H60N8O15. The Bertz CT molecular complexity index is 1410. The van der Waals surface area contributed by atoms with E-state index in [0.717, 1.165) is 0 Å². The summed E-state index contributed by atoms with van der Waals surface area (Å²) in [5.41, 5.74) is 0. The Kier molecular flexibility index (Phi) is 22.7. The molecule has 0 aromatic rings. The van der Waals surface area contributed by atoms with Gasteiger partial charge in [0.05, 0.1) is 26.2 Å². The largest absolute Gasteiger partial charge is 0.481 e. The molecule has 2 fully saturated rings. The zero-order valence-electron chi connectivity index (χ0n) is 33.2. The number of carboxylic acids is 6. The summed E-state index contributed by atoms with van der Waals surface area (Å²) >= 11 is 0. The number of unbranched alkanes of at least 4 members (excludes halogenated alkanes) is 1. The van der Waals surface area contributed by atoms with Gasteiger partial charge in [-0.2, -0.15) is 0 Å².